The molecule has 2 aromatic carbocycles. The molecule has 1 heterocycles. The van der Waals surface area contributed by atoms with E-state index in [9.17, 15) is 10.1 Å². The molecule has 7 nitrogen and oxygen atoms in total. The van der Waals surface area contributed by atoms with Gasteiger partial charge in [0, 0.05) is 0 Å². The van der Waals surface area contributed by atoms with Gasteiger partial charge in [0.1, 0.15) is 41.4 Å². The van der Waals surface area contributed by atoms with E-state index in [2.05, 4.69) is 35.4 Å². The number of rotatable bonds is 11. The van der Waals surface area contributed by atoms with Crippen LogP contribution in [-0.2, 0) is 11.2 Å². The summed E-state index contributed by atoms with van der Waals surface area (Å²) in [4.78, 5) is 12.4. The van der Waals surface area contributed by atoms with Gasteiger partial charge in [-0.1, -0.05) is 62.4 Å². The average Bonchev–Trinajstić information content (AvgIpc) is 3.33. The van der Waals surface area contributed by atoms with E-state index in [1.54, 1.807) is 24.3 Å². The van der Waals surface area contributed by atoms with Crippen molar-refractivity contribution in [1.82, 2.24) is 10.2 Å². The molecule has 0 radical (unpaired) electrons. The summed E-state index contributed by atoms with van der Waals surface area (Å²) < 4.78 is 11.7. The molecule has 0 fully saturated rings. The van der Waals surface area contributed by atoms with Crippen LogP contribution in [0.3, 0.4) is 0 Å². The Morgan fingerprint density at radius 3 is 2.53 bits per heavy atom. The number of ether oxygens (including phenoxy) is 2. The molecule has 3 aromatic rings. The van der Waals surface area contributed by atoms with Gasteiger partial charge >= 0.3 is 0 Å². The maximum atomic E-state index is 12.4. The number of hydrogen-bond donors (Lipinski definition) is 1. The maximum absolute atomic E-state index is 12.4. The summed E-state index contributed by atoms with van der Waals surface area (Å²) in [5.41, 5.74) is 1.90. The number of anilines is 1. The molecule has 1 atom stereocenters. The molecule has 0 aliphatic heterocycles. The summed E-state index contributed by atoms with van der Waals surface area (Å²) in [6, 6.07) is 17.2. The zero-order valence-electron chi connectivity index (χ0n) is 19.6. The van der Waals surface area contributed by atoms with E-state index in [4.69, 9.17) is 9.47 Å². The third-order valence-electron chi connectivity index (χ3n) is 5.22. The Morgan fingerprint density at radius 2 is 1.85 bits per heavy atom. The van der Waals surface area contributed by atoms with Crippen LogP contribution < -0.4 is 14.8 Å². The minimum absolute atomic E-state index is 0.0183. The number of carbonyl (C=O) groups excluding carboxylic acids is 1. The van der Waals surface area contributed by atoms with Gasteiger partial charge in [-0.2, -0.15) is 5.26 Å². The second-order valence-electron chi connectivity index (χ2n) is 7.59. The van der Waals surface area contributed by atoms with E-state index in [0.29, 0.717) is 35.6 Å². The Hall–Kier alpha value is -3.70. The van der Waals surface area contributed by atoms with Crippen molar-refractivity contribution >= 4 is 28.5 Å². The molecule has 0 aliphatic carbocycles. The number of amides is 1. The zero-order chi connectivity index (χ0) is 24.3. The molecule has 1 N–H and O–H groups in total. The number of hydrogen-bond acceptors (Lipinski definition) is 7. The Labute approximate surface area is 204 Å². The molecule has 0 aliphatic rings. The summed E-state index contributed by atoms with van der Waals surface area (Å²) in [6.07, 6.45) is 3.31. The number of para-hydroxylation sites is 1. The molecule has 1 unspecified atom stereocenters. The normalized spacial score (nSPS) is 12.0. The number of benzene rings is 2. The highest BCUT2D eigenvalue weighted by Crippen LogP contribution is 2.28. The molecule has 0 bridgehead atoms. The van der Waals surface area contributed by atoms with Crippen LogP contribution in [0.5, 0.6) is 11.5 Å². The fourth-order valence-electron chi connectivity index (χ4n) is 3.14. The van der Waals surface area contributed by atoms with Crippen LogP contribution in [0.15, 0.2) is 54.1 Å². The molecule has 8 heteroatoms. The molecule has 34 heavy (non-hydrogen) atoms. The van der Waals surface area contributed by atoms with Crippen molar-refractivity contribution in [3.63, 3.8) is 0 Å². The van der Waals surface area contributed by atoms with Gasteiger partial charge in [-0.15, -0.1) is 10.2 Å². The van der Waals surface area contributed by atoms with Gasteiger partial charge in [0.25, 0.3) is 5.91 Å². The van der Waals surface area contributed by atoms with Crippen LogP contribution in [0.1, 0.15) is 49.2 Å². The second kappa shape index (κ2) is 12.5. The minimum Gasteiger partial charge on any atom is -0.490 e. The lowest BCUT2D eigenvalue weighted by Gasteiger charge is -2.15. The quantitative estimate of drug-likeness (QED) is 0.219. The first-order chi connectivity index (χ1) is 16.5. The fraction of sp³-hybridized carbons (Fsp3) is 0.308. The molecule has 1 aromatic heterocycles. The van der Waals surface area contributed by atoms with Crippen LogP contribution in [0, 0.1) is 11.3 Å². The van der Waals surface area contributed by atoms with E-state index < -0.39 is 5.91 Å². The second-order valence-corrected chi connectivity index (χ2v) is 8.65. The SMILES string of the molecule is CCc1nnc(NC(=O)/C(C#N)=C\c2ccc(OCCOc3ccccc3C(C)CC)cc2)s1. The summed E-state index contributed by atoms with van der Waals surface area (Å²) in [6.45, 7) is 7.14. The van der Waals surface area contributed by atoms with Crippen molar-refractivity contribution in [3.8, 4) is 17.6 Å². The zero-order valence-corrected chi connectivity index (χ0v) is 20.4. The predicted octanol–water partition coefficient (Wildman–Crippen LogP) is 5.62. The van der Waals surface area contributed by atoms with Gasteiger partial charge in [0.15, 0.2) is 0 Å². The molecule has 176 valence electrons. The lowest BCUT2D eigenvalue weighted by molar-refractivity contribution is -0.112. The highest BCUT2D eigenvalue weighted by Gasteiger charge is 2.13. The highest BCUT2D eigenvalue weighted by atomic mass is 32.1. The van der Waals surface area contributed by atoms with E-state index in [0.717, 1.165) is 23.6 Å². The van der Waals surface area contributed by atoms with Gasteiger partial charge in [-0.3, -0.25) is 10.1 Å². The van der Waals surface area contributed by atoms with Gasteiger partial charge < -0.3 is 9.47 Å². The third kappa shape index (κ3) is 6.90. The average molecular weight is 477 g/mol. The lowest BCUT2D eigenvalue weighted by Crippen LogP contribution is -2.13. The van der Waals surface area contributed by atoms with Crippen molar-refractivity contribution in [3.05, 3.63) is 70.2 Å². The molecule has 3 rings (SSSR count). The smallest absolute Gasteiger partial charge is 0.268 e. The Balaban J connectivity index is 1.53. The number of aryl methyl sites for hydroxylation is 1. The third-order valence-corrected chi connectivity index (χ3v) is 6.20. The summed E-state index contributed by atoms with van der Waals surface area (Å²) in [5, 5.41) is 21.1. The summed E-state index contributed by atoms with van der Waals surface area (Å²) in [7, 11) is 0. The van der Waals surface area contributed by atoms with E-state index in [1.165, 1.54) is 23.0 Å². The Morgan fingerprint density at radius 1 is 1.12 bits per heavy atom. The maximum Gasteiger partial charge on any atom is 0.268 e. The summed E-state index contributed by atoms with van der Waals surface area (Å²) in [5.74, 6) is 1.49. The van der Waals surface area contributed by atoms with E-state index in [-0.39, 0.29) is 5.57 Å². The van der Waals surface area contributed by atoms with E-state index in [1.807, 2.05) is 31.2 Å². The first-order valence-electron chi connectivity index (χ1n) is 11.2. The fourth-order valence-corrected chi connectivity index (χ4v) is 3.81. The van der Waals surface area contributed by atoms with Gasteiger partial charge in [0.2, 0.25) is 5.13 Å². The van der Waals surface area contributed by atoms with Crippen LogP contribution in [0.2, 0.25) is 0 Å². The van der Waals surface area contributed by atoms with Crippen LogP contribution in [-0.4, -0.2) is 29.3 Å². The van der Waals surface area contributed by atoms with Gasteiger partial charge in [-0.05, 0) is 54.2 Å². The Bertz CT molecular complexity index is 1170. The Kier molecular flexibility index (Phi) is 9.18. The number of nitrogens with zero attached hydrogens (tertiary/aromatic N) is 3. The minimum atomic E-state index is -0.517. The lowest BCUT2D eigenvalue weighted by atomic mass is 9.98. The highest BCUT2D eigenvalue weighted by molar-refractivity contribution is 7.15. The molecular formula is C26H28N4O3S. The standard InChI is InChI=1S/C26H28N4O3S/c1-4-18(3)22-8-6-7-9-23(22)33-15-14-32-21-12-10-19(11-13-21)16-20(17-27)25(31)28-26-30-29-24(5-2)34-26/h6-13,16,18H,4-5,14-15H2,1-3H3,(H,28,30,31)/b20-16-. The van der Waals surface area contributed by atoms with Gasteiger partial charge in [0.05, 0.1) is 0 Å². The van der Waals surface area contributed by atoms with Crippen molar-refractivity contribution < 1.29 is 14.3 Å². The van der Waals surface area contributed by atoms with Crippen molar-refractivity contribution in [2.24, 2.45) is 0 Å². The molecular weight excluding hydrogens is 448 g/mol. The van der Waals surface area contributed by atoms with Gasteiger partial charge in [-0.25, -0.2) is 0 Å². The molecule has 0 saturated carbocycles. The topological polar surface area (TPSA) is 97.1 Å². The van der Waals surface area contributed by atoms with Crippen LogP contribution >= 0.6 is 11.3 Å². The van der Waals surface area contributed by atoms with E-state index >= 15 is 0 Å². The first-order valence-corrected chi connectivity index (χ1v) is 12.1. The predicted molar refractivity (Wildman–Crippen MR) is 134 cm³/mol. The molecule has 0 saturated heterocycles. The molecule has 1 amide bonds. The summed E-state index contributed by atoms with van der Waals surface area (Å²) >= 11 is 1.29. The number of aromatic nitrogens is 2. The molecule has 0 spiro atoms. The largest absolute Gasteiger partial charge is 0.490 e. The van der Waals surface area contributed by atoms with Crippen molar-refractivity contribution in [2.75, 3.05) is 18.5 Å². The number of carbonyl (C=O) groups is 1. The van der Waals surface area contributed by atoms with Crippen molar-refractivity contribution in [2.45, 2.75) is 39.5 Å². The number of nitrogens with one attached hydrogen (secondary N) is 1. The number of nitriles is 1. The van der Waals surface area contributed by atoms with Crippen LogP contribution in [0.4, 0.5) is 5.13 Å². The van der Waals surface area contributed by atoms with Crippen molar-refractivity contribution in [1.29, 1.82) is 5.26 Å². The first kappa shape index (κ1) is 24.9. The van der Waals surface area contributed by atoms with Crippen LogP contribution in [0.25, 0.3) is 6.08 Å². The monoisotopic (exact) mass is 476 g/mol.